The number of carbonyl (C=O) groups excluding carboxylic acids is 1. The quantitative estimate of drug-likeness (QED) is 0.649. The van der Waals surface area contributed by atoms with E-state index < -0.39 is 21.9 Å². The van der Waals surface area contributed by atoms with E-state index in [1.54, 1.807) is 0 Å². The minimum atomic E-state index is -3.39. The second-order valence-corrected chi connectivity index (χ2v) is 7.53. The van der Waals surface area contributed by atoms with E-state index in [0.29, 0.717) is 12.5 Å². The molecule has 0 spiro atoms. The molecule has 0 saturated heterocycles. The van der Waals surface area contributed by atoms with Crippen molar-refractivity contribution in [3.63, 3.8) is 0 Å². The van der Waals surface area contributed by atoms with Crippen molar-refractivity contribution in [3.05, 3.63) is 35.4 Å². The van der Waals surface area contributed by atoms with Gasteiger partial charge in [-0.15, -0.1) is 0 Å². The molecular weight excluding hydrogens is 320 g/mol. The van der Waals surface area contributed by atoms with Crippen LogP contribution in [-0.2, 0) is 10.0 Å². The minimum absolute atomic E-state index is 0.000481. The SMILES string of the molecule is O=C(O)c1ccc(C(=O)NCCS(=O)(=O)NCC2CCC2)cc1. The van der Waals surface area contributed by atoms with Crippen LogP contribution in [0.4, 0.5) is 0 Å². The Hall–Kier alpha value is -1.93. The summed E-state index contributed by atoms with van der Waals surface area (Å²) in [5.74, 6) is -1.25. The van der Waals surface area contributed by atoms with E-state index >= 15 is 0 Å². The lowest BCUT2D eigenvalue weighted by molar-refractivity contribution is 0.0696. The summed E-state index contributed by atoms with van der Waals surface area (Å²) in [6.07, 6.45) is 3.28. The molecule has 1 saturated carbocycles. The predicted molar refractivity (Wildman–Crippen MR) is 84.9 cm³/mol. The number of benzene rings is 1. The van der Waals surface area contributed by atoms with Crippen LogP contribution in [0.2, 0.25) is 0 Å². The molecular formula is C15H20N2O5S. The van der Waals surface area contributed by atoms with Crippen molar-refractivity contribution < 1.29 is 23.1 Å². The van der Waals surface area contributed by atoms with Crippen molar-refractivity contribution in [2.45, 2.75) is 19.3 Å². The lowest BCUT2D eigenvalue weighted by atomic mass is 9.86. The van der Waals surface area contributed by atoms with Crippen LogP contribution in [0.15, 0.2) is 24.3 Å². The fourth-order valence-electron chi connectivity index (χ4n) is 2.18. The van der Waals surface area contributed by atoms with Gasteiger partial charge in [0.25, 0.3) is 5.91 Å². The maximum absolute atomic E-state index is 11.9. The Kier molecular flexibility index (Phi) is 5.73. The molecule has 23 heavy (non-hydrogen) atoms. The Bertz CT molecular complexity index is 666. The summed E-state index contributed by atoms with van der Waals surface area (Å²) >= 11 is 0. The molecule has 2 rings (SSSR count). The highest BCUT2D eigenvalue weighted by atomic mass is 32.2. The fourth-order valence-corrected chi connectivity index (χ4v) is 3.18. The first kappa shape index (κ1) is 17.4. The van der Waals surface area contributed by atoms with Crippen molar-refractivity contribution in [2.75, 3.05) is 18.8 Å². The molecule has 8 heteroatoms. The van der Waals surface area contributed by atoms with Crippen molar-refractivity contribution in [3.8, 4) is 0 Å². The van der Waals surface area contributed by atoms with Crippen molar-refractivity contribution >= 4 is 21.9 Å². The Morgan fingerprint density at radius 1 is 1.13 bits per heavy atom. The summed E-state index contributed by atoms with van der Waals surface area (Å²) in [5, 5.41) is 11.3. The zero-order chi connectivity index (χ0) is 16.9. The van der Waals surface area contributed by atoms with Gasteiger partial charge in [0.05, 0.1) is 11.3 Å². The van der Waals surface area contributed by atoms with Crippen molar-refractivity contribution in [1.29, 1.82) is 0 Å². The highest BCUT2D eigenvalue weighted by molar-refractivity contribution is 7.89. The number of rotatable bonds is 8. The van der Waals surface area contributed by atoms with E-state index in [1.165, 1.54) is 24.3 Å². The molecule has 1 fully saturated rings. The largest absolute Gasteiger partial charge is 0.478 e. The molecule has 0 heterocycles. The van der Waals surface area contributed by atoms with Gasteiger partial charge in [-0.1, -0.05) is 6.42 Å². The molecule has 0 aromatic heterocycles. The molecule has 0 bridgehead atoms. The second kappa shape index (κ2) is 7.56. The minimum Gasteiger partial charge on any atom is -0.478 e. The molecule has 0 atom stereocenters. The van der Waals surface area contributed by atoms with Gasteiger partial charge in [0.1, 0.15) is 0 Å². The van der Waals surface area contributed by atoms with Gasteiger partial charge in [-0.2, -0.15) is 0 Å². The number of carboxylic acid groups (broad SMARTS) is 1. The number of nitrogens with one attached hydrogen (secondary N) is 2. The van der Waals surface area contributed by atoms with Gasteiger partial charge < -0.3 is 10.4 Å². The fraction of sp³-hybridized carbons (Fsp3) is 0.467. The van der Waals surface area contributed by atoms with E-state index in [-0.39, 0.29) is 23.4 Å². The molecule has 1 aliphatic rings. The van der Waals surface area contributed by atoms with Crippen molar-refractivity contribution in [2.24, 2.45) is 5.92 Å². The maximum Gasteiger partial charge on any atom is 0.335 e. The molecule has 1 aromatic rings. The molecule has 0 unspecified atom stereocenters. The topological polar surface area (TPSA) is 113 Å². The number of carboxylic acids is 1. The Morgan fingerprint density at radius 2 is 1.74 bits per heavy atom. The summed E-state index contributed by atoms with van der Waals surface area (Å²) in [7, 11) is -3.39. The van der Waals surface area contributed by atoms with Crippen LogP contribution in [0.5, 0.6) is 0 Å². The summed E-state index contributed by atoms with van der Waals surface area (Å²) in [6, 6.07) is 5.44. The third-order valence-electron chi connectivity index (χ3n) is 3.87. The van der Waals surface area contributed by atoms with Gasteiger partial charge in [-0.25, -0.2) is 17.9 Å². The van der Waals surface area contributed by atoms with E-state index in [1.807, 2.05) is 0 Å². The third-order valence-corrected chi connectivity index (χ3v) is 5.22. The van der Waals surface area contributed by atoms with Crippen LogP contribution >= 0.6 is 0 Å². The van der Waals surface area contributed by atoms with Gasteiger partial charge in [0, 0.05) is 18.7 Å². The number of hydrogen-bond donors (Lipinski definition) is 3. The monoisotopic (exact) mass is 340 g/mol. The normalized spacial score (nSPS) is 15.0. The van der Waals surface area contributed by atoms with E-state index in [9.17, 15) is 18.0 Å². The van der Waals surface area contributed by atoms with Crippen LogP contribution < -0.4 is 10.0 Å². The predicted octanol–water partition coefficient (Wildman–Crippen LogP) is 0.834. The van der Waals surface area contributed by atoms with Crippen LogP contribution in [0.25, 0.3) is 0 Å². The highest BCUT2D eigenvalue weighted by Gasteiger charge is 2.20. The third kappa shape index (κ3) is 5.33. The van der Waals surface area contributed by atoms with Crippen LogP contribution in [0.3, 0.4) is 0 Å². The molecule has 0 aliphatic heterocycles. The van der Waals surface area contributed by atoms with Gasteiger partial charge in [0.15, 0.2) is 0 Å². The number of sulfonamides is 1. The average Bonchev–Trinajstić information content (AvgIpc) is 2.45. The number of carbonyl (C=O) groups is 2. The standard InChI is InChI=1S/C15H20N2O5S/c18-14(12-4-6-13(7-5-12)15(19)20)16-8-9-23(21,22)17-10-11-2-1-3-11/h4-7,11,17H,1-3,8-10H2,(H,16,18)(H,19,20). The van der Waals surface area contributed by atoms with E-state index in [0.717, 1.165) is 19.3 Å². The molecule has 3 N–H and O–H groups in total. The Morgan fingerprint density at radius 3 is 2.26 bits per heavy atom. The number of hydrogen-bond acceptors (Lipinski definition) is 4. The van der Waals surface area contributed by atoms with Crippen molar-refractivity contribution in [1.82, 2.24) is 10.0 Å². The molecule has 1 amide bonds. The maximum atomic E-state index is 11.9. The van der Waals surface area contributed by atoms with Gasteiger partial charge >= 0.3 is 5.97 Å². The molecule has 0 radical (unpaired) electrons. The summed E-state index contributed by atoms with van der Waals surface area (Å²) in [6.45, 7) is 0.465. The number of aromatic carboxylic acids is 1. The van der Waals surface area contributed by atoms with Crippen LogP contribution in [-0.4, -0.2) is 44.2 Å². The molecule has 1 aromatic carbocycles. The van der Waals surface area contributed by atoms with Gasteiger partial charge in [0.2, 0.25) is 10.0 Å². The number of amides is 1. The lowest BCUT2D eigenvalue weighted by Gasteiger charge is -2.25. The van der Waals surface area contributed by atoms with Crippen LogP contribution in [0.1, 0.15) is 40.0 Å². The van der Waals surface area contributed by atoms with E-state index in [2.05, 4.69) is 10.0 Å². The summed E-state index contributed by atoms with van der Waals surface area (Å²) in [5.41, 5.74) is 0.374. The Labute approximate surface area is 135 Å². The summed E-state index contributed by atoms with van der Waals surface area (Å²) in [4.78, 5) is 22.6. The molecule has 7 nitrogen and oxygen atoms in total. The van der Waals surface area contributed by atoms with E-state index in [4.69, 9.17) is 5.11 Å². The smallest absolute Gasteiger partial charge is 0.335 e. The first-order valence-electron chi connectivity index (χ1n) is 7.46. The lowest BCUT2D eigenvalue weighted by Crippen LogP contribution is -2.37. The molecule has 126 valence electrons. The second-order valence-electron chi connectivity index (χ2n) is 5.60. The Balaban J connectivity index is 1.75. The molecule has 1 aliphatic carbocycles. The first-order chi connectivity index (χ1) is 10.9. The van der Waals surface area contributed by atoms with Gasteiger partial charge in [-0.05, 0) is 43.0 Å². The zero-order valence-electron chi connectivity index (χ0n) is 12.6. The summed E-state index contributed by atoms with van der Waals surface area (Å²) < 4.78 is 26.1. The highest BCUT2D eigenvalue weighted by Crippen LogP contribution is 2.25. The average molecular weight is 340 g/mol. The first-order valence-corrected chi connectivity index (χ1v) is 9.11. The van der Waals surface area contributed by atoms with Crippen LogP contribution in [0, 0.1) is 5.92 Å². The van der Waals surface area contributed by atoms with Gasteiger partial charge in [-0.3, -0.25) is 4.79 Å². The zero-order valence-corrected chi connectivity index (χ0v) is 13.4.